The van der Waals surface area contributed by atoms with Crippen LogP contribution < -0.4 is 0 Å². The van der Waals surface area contributed by atoms with Crippen LogP contribution >= 0.6 is 23.1 Å². The van der Waals surface area contributed by atoms with Gasteiger partial charge in [-0.05, 0) is 44.0 Å². The second-order valence-electron chi connectivity index (χ2n) is 5.35. The average molecular weight is 358 g/mol. The van der Waals surface area contributed by atoms with E-state index < -0.39 is 0 Å². The number of carbonyl (C=O) groups is 1. The molecule has 4 nitrogen and oxygen atoms in total. The summed E-state index contributed by atoms with van der Waals surface area (Å²) in [5, 5.41) is 2.13. The molecule has 2 heterocycles. The van der Waals surface area contributed by atoms with Gasteiger partial charge in [0.25, 0.3) is 0 Å². The summed E-state index contributed by atoms with van der Waals surface area (Å²) in [6.45, 7) is 6.42. The highest BCUT2D eigenvalue weighted by Gasteiger charge is 2.13. The lowest BCUT2D eigenvalue weighted by Crippen LogP contribution is -2.04. The predicted octanol–water partition coefficient (Wildman–Crippen LogP) is 4.78. The topological polar surface area (TPSA) is 52.1 Å². The van der Waals surface area contributed by atoms with Crippen molar-refractivity contribution in [3.63, 3.8) is 0 Å². The van der Waals surface area contributed by atoms with Crippen LogP contribution in [-0.2, 0) is 10.5 Å². The lowest BCUT2D eigenvalue weighted by atomic mass is 10.1. The molecule has 0 saturated heterocycles. The Bertz CT molecular complexity index is 890. The highest BCUT2D eigenvalue weighted by molar-refractivity contribution is 7.98. The van der Waals surface area contributed by atoms with Gasteiger partial charge in [0.05, 0.1) is 12.2 Å². The summed E-state index contributed by atoms with van der Waals surface area (Å²) in [5.41, 5.74) is 2.91. The van der Waals surface area contributed by atoms with Crippen LogP contribution in [0.1, 0.15) is 33.3 Å². The van der Waals surface area contributed by atoms with Gasteiger partial charge in [0.1, 0.15) is 16.2 Å². The lowest BCUT2D eigenvalue weighted by Gasteiger charge is -2.06. The number of esters is 1. The van der Waals surface area contributed by atoms with Crippen LogP contribution in [-0.4, -0.2) is 22.5 Å². The average Bonchev–Trinajstić information content (AvgIpc) is 2.88. The molecule has 0 unspecified atom stereocenters. The van der Waals surface area contributed by atoms with Crippen molar-refractivity contribution in [3.05, 3.63) is 52.2 Å². The molecule has 2 aromatic heterocycles. The molecule has 0 bridgehead atoms. The maximum absolute atomic E-state index is 11.8. The molecular formula is C18H18N2O2S2. The van der Waals surface area contributed by atoms with Crippen molar-refractivity contribution < 1.29 is 9.53 Å². The third-order valence-corrected chi connectivity index (χ3v) is 5.92. The molecule has 6 heteroatoms. The third-order valence-electron chi connectivity index (χ3n) is 3.74. The van der Waals surface area contributed by atoms with Crippen LogP contribution in [0.15, 0.2) is 35.6 Å². The molecule has 3 aromatic rings. The van der Waals surface area contributed by atoms with Crippen molar-refractivity contribution in [1.29, 1.82) is 0 Å². The second kappa shape index (κ2) is 7.32. The number of hydrogen-bond acceptors (Lipinski definition) is 6. The molecule has 0 saturated carbocycles. The summed E-state index contributed by atoms with van der Waals surface area (Å²) in [4.78, 5) is 23.0. The maximum atomic E-state index is 11.8. The number of thiophene rings is 1. The largest absolute Gasteiger partial charge is 0.462 e. The predicted molar refractivity (Wildman–Crippen MR) is 98.8 cm³/mol. The first-order chi connectivity index (χ1) is 11.6. The van der Waals surface area contributed by atoms with E-state index in [2.05, 4.69) is 23.8 Å². The number of hydrogen-bond donors (Lipinski definition) is 0. The summed E-state index contributed by atoms with van der Waals surface area (Å²) in [7, 11) is 0. The van der Waals surface area contributed by atoms with Gasteiger partial charge in [-0.3, -0.25) is 0 Å². The van der Waals surface area contributed by atoms with E-state index in [0.717, 1.165) is 26.6 Å². The Labute approximate surface area is 149 Å². The van der Waals surface area contributed by atoms with Crippen molar-refractivity contribution in [3.8, 4) is 0 Å². The smallest absolute Gasteiger partial charge is 0.338 e. The number of aromatic nitrogens is 2. The fraction of sp³-hybridized carbons (Fsp3) is 0.278. The standard InChI is InChI=1S/C18H18N2O2S2/c1-4-22-18(21)14-7-5-6-13(8-14)9-23-16-15-11(2)12(3)24-17(15)20-10-19-16/h5-8,10H,4,9H2,1-3H3. The van der Waals surface area contributed by atoms with Gasteiger partial charge in [0, 0.05) is 16.0 Å². The van der Waals surface area contributed by atoms with Gasteiger partial charge in [0.15, 0.2) is 0 Å². The molecule has 0 aliphatic carbocycles. The number of nitrogens with zero attached hydrogens (tertiary/aromatic N) is 2. The van der Waals surface area contributed by atoms with Gasteiger partial charge < -0.3 is 4.74 Å². The SMILES string of the molecule is CCOC(=O)c1cccc(CSc2ncnc3sc(C)c(C)c23)c1. The first-order valence-corrected chi connectivity index (χ1v) is 9.50. The third kappa shape index (κ3) is 3.44. The minimum atomic E-state index is -0.280. The molecular weight excluding hydrogens is 340 g/mol. The first kappa shape index (κ1) is 16.9. The van der Waals surface area contributed by atoms with Gasteiger partial charge in [-0.2, -0.15) is 0 Å². The van der Waals surface area contributed by atoms with Gasteiger partial charge >= 0.3 is 5.97 Å². The van der Waals surface area contributed by atoms with E-state index in [1.165, 1.54) is 10.4 Å². The van der Waals surface area contributed by atoms with Crippen molar-refractivity contribution in [2.24, 2.45) is 0 Å². The molecule has 0 amide bonds. The molecule has 1 aromatic carbocycles. The number of fused-ring (bicyclic) bond motifs is 1. The van der Waals surface area contributed by atoms with Crippen LogP contribution in [0.3, 0.4) is 0 Å². The number of thioether (sulfide) groups is 1. The van der Waals surface area contributed by atoms with Gasteiger partial charge in [0.2, 0.25) is 0 Å². The van der Waals surface area contributed by atoms with E-state index >= 15 is 0 Å². The van der Waals surface area contributed by atoms with E-state index in [1.54, 1.807) is 35.5 Å². The van der Waals surface area contributed by atoms with E-state index in [-0.39, 0.29) is 5.97 Å². The lowest BCUT2D eigenvalue weighted by molar-refractivity contribution is 0.0526. The summed E-state index contributed by atoms with van der Waals surface area (Å²) >= 11 is 3.37. The van der Waals surface area contributed by atoms with E-state index in [4.69, 9.17) is 4.74 Å². The van der Waals surface area contributed by atoms with E-state index in [1.807, 2.05) is 25.1 Å². The Morgan fingerprint density at radius 1 is 1.29 bits per heavy atom. The van der Waals surface area contributed by atoms with Gasteiger partial charge in [-0.25, -0.2) is 14.8 Å². The normalized spacial score (nSPS) is 11.0. The van der Waals surface area contributed by atoms with Crippen LogP contribution in [0.5, 0.6) is 0 Å². The summed E-state index contributed by atoms with van der Waals surface area (Å²) in [6, 6.07) is 7.56. The van der Waals surface area contributed by atoms with Crippen LogP contribution in [0, 0.1) is 13.8 Å². The monoisotopic (exact) mass is 358 g/mol. The van der Waals surface area contributed by atoms with E-state index in [9.17, 15) is 4.79 Å². The Morgan fingerprint density at radius 2 is 2.12 bits per heavy atom. The fourth-order valence-electron chi connectivity index (χ4n) is 2.41. The first-order valence-electron chi connectivity index (χ1n) is 7.69. The van der Waals surface area contributed by atoms with Gasteiger partial charge in [-0.15, -0.1) is 23.1 Å². The summed E-state index contributed by atoms with van der Waals surface area (Å²) in [6.07, 6.45) is 1.62. The van der Waals surface area contributed by atoms with Gasteiger partial charge in [-0.1, -0.05) is 12.1 Å². The molecule has 0 aliphatic rings. The quantitative estimate of drug-likeness (QED) is 0.373. The molecule has 124 valence electrons. The zero-order valence-corrected chi connectivity index (χ0v) is 15.5. The van der Waals surface area contributed by atoms with E-state index in [0.29, 0.717) is 12.2 Å². The molecule has 0 atom stereocenters. The van der Waals surface area contributed by atoms with Crippen molar-refractivity contribution in [1.82, 2.24) is 9.97 Å². The van der Waals surface area contributed by atoms with Crippen LogP contribution in [0.4, 0.5) is 0 Å². The van der Waals surface area contributed by atoms with Crippen molar-refractivity contribution in [2.75, 3.05) is 6.61 Å². The summed E-state index contributed by atoms with van der Waals surface area (Å²) < 4.78 is 5.06. The minimum Gasteiger partial charge on any atom is -0.462 e. The molecule has 0 spiro atoms. The zero-order valence-electron chi connectivity index (χ0n) is 13.8. The van der Waals surface area contributed by atoms with Crippen molar-refractivity contribution >= 4 is 39.3 Å². The molecule has 0 fully saturated rings. The summed E-state index contributed by atoms with van der Waals surface area (Å²) in [5.74, 6) is 0.464. The Hall–Kier alpha value is -1.92. The van der Waals surface area contributed by atoms with Crippen LogP contribution in [0.25, 0.3) is 10.2 Å². The molecule has 3 rings (SSSR count). The number of carbonyl (C=O) groups excluding carboxylic acids is 1. The number of rotatable bonds is 5. The maximum Gasteiger partial charge on any atom is 0.338 e. The molecule has 0 radical (unpaired) electrons. The van der Waals surface area contributed by atoms with Crippen molar-refractivity contribution in [2.45, 2.75) is 31.6 Å². The second-order valence-corrected chi connectivity index (χ2v) is 7.52. The Kier molecular flexibility index (Phi) is 5.16. The minimum absolute atomic E-state index is 0.280. The molecule has 0 aliphatic heterocycles. The number of benzene rings is 1. The highest BCUT2D eigenvalue weighted by Crippen LogP contribution is 2.35. The van der Waals surface area contributed by atoms with Crippen LogP contribution in [0.2, 0.25) is 0 Å². The highest BCUT2D eigenvalue weighted by atomic mass is 32.2. The number of aryl methyl sites for hydroxylation is 2. The Balaban J connectivity index is 1.82. The Morgan fingerprint density at radius 3 is 2.92 bits per heavy atom. The molecule has 0 N–H and O–H groups in total. The number of ether oxygens (including phenoxy) is 1. The fourth-order valence-corrected chi connectivity index (χ4v) is 4.47. The zero-order chi connectivity index (χ0) is 17.1. The molecule has 24 heavy (non-hydrogen) atoms.